The number of rotatable bonds is 2. The van der Waals surface area contributed by atoms with Crippen LogP contribution in [-0.4, -0.2) is 86.0 Å². The van der Waals surface area contributed by atoms with Gasteiger partial charge >= 0.3 is 0 Å². The fourth-order valence-electron chi connectivity index (χ4n) is 4.16. The number of aryl methyl sites for hydroxylation is 2. The molecular formula is C30H36N4O6S2. The molecule has 224 valence electrons. The third-order valence-corrected chi connectivity index (χ3v) is 8.20. The highest BCUT2D eigenvalue weighted by atomic mass is 32.1. The van der Waals surface area contributed by atoms with Crippen molar-refractivity contribution in [1.82, 2.24) is 19.9 Å². The Morgan fingerprint density at radius 2 is 0.833 bits per heavy atom. The van der Waals surface area contributed by atoms with E-state index in [-0.39, 0.29) is 0 Å². The summed E-state index contributed by atoms with van der Waals surface area (Å²) in [5.41, 5.74) is 6.81. The summed E-state index contributed by atoms with van der Waals surface area (Å²) in [6.45, 7) is 9.54. The summed E-state index contributed by atoms with van der Waals surface area (Å²) in [4.78, 5) is 19.5. The zero-order chi connectivity index (χ0) is 29.0. The Labute approximate surface area is 254 Å². The van der Waals surface area contributed by atoms with Crippen molar-refractivity contribution in [3.63, 3.8) is 0 Å². The van der Waals surface area contributed by atoms with E-state index in [1.54, 1.807) is 22.7 Å². The maximum atomic E-state index is 6.03. The molecular weight excluding hydrogens is 576 g/mol. The van der Waals surface area contributed by atoms with Crippen LogP contribution in [-0.2, 0) is 41.6 Å². The van der Waals surface area contributed by atoms with Gasteiger partial charge in [-0.25, -0.2) is 19.9 Å². The molecule has 0 atom stereocenters. The van der Waals surface area contributed by atoms with Gasteiger partial charge < -0.3 is 28.4 Å². The Hall–Kier alpha value is -2.68. The molecule has 0 aromatic carbocycles. The van der Waals surface area contributed by atoms with Gasteiger partial charge in [-0.3, -0.25) is 0 Å². The minimum atomic E-state index is 0.354. The van der Waals surface area contributed by atoms with Gasteiger partial charge in [0.2, 0.25) is 0 Å². The molecule has 4 aromatic heterocycles. The molecule has 0 spiro atoms. The molecule has 0 saturated heterocycles. The lowest BCUT2D eigenvalue weighted by molar-refractivity contribution is -0.0186. The molecule has 0 aliphatic carbocycles. The van der Waals surface area contributed by atoms with Crippen LogP contribution in [0.4, 0.5) is 0 Å². The van der Waals surface area contributed by atoms with Crippen molar-refractivity contribution in [2.75, 3.05) is 66.1 Å². The van der Waals surface area contributed by atoms with Gasteiger partial charge in [0.15, 0.2) is 0 Å². The number of hydrogen-bond donors (Lipinski definition) is 0. The van der Waals surface area contributed by atoms with E-state index in [1.165, 1.54) is 0 Å². The zero-order valence-electron chi connectivity index (χ0n) is 24.0. The molecule has 5 rings (SSSR count). The van der Waals surface area contributed by atoms with Crippen molar-refractivity contribution in [1.29, 1.82) is 0 Å². The highest BCUT2D eigenvalue weighted by Gasteiger charge is 2.19. The molecule has 1 aliphatic rings. The first kappa shape index (κ1) is 30.8. The van der Waals surface area contributed by atoms with Crippen LogP contribution in [0.3, 0.4) is 0 Å². The van der Waals surface area contributed by atoms with Crippen LogP contribution in [0.15, 0.2) is 35.0 Å². The number of aromatic nitrogens is 4. The molecule has 12 heteroatoms. The van der Waals surface area contributed by atoms with Crippen LogP contribution in [0, 0.1) is 13.8 Å². The first-order valence-corrected chi connectivity index (χ1v) is 15.7. The Kier molecular flexibility index (Phi) is 11.9. The largest absolute Gasteiger partial charge is 0.377 e. The monoisotopic (exact) mass is 612 g/mol. The summed E-state index contributed by atoms with van der Waals surface area (Å²) in [6, 6.07) is 8.07. The summed E-state index contributed by atoms with van der Waals surface area (Å²) in [6.07, 6.45) is 0. The lowest BCUT2D eigenvalue weighted by Crippen LogP contribution is -2.14. The van der Waals surface area contributed by atoms with Crippen LogP contribution < -0.4 is 0 Å². The maximum absolute atomic E-state index is 6.03. The second-order valence-electron chi connectivity index (χ2n) is 9.55. The summed E-state index contributed by atoms with van der Waals surface area (Å²) in [5.74, 6) is 0. The summed E-state index contributed by atoms with van der Waals surface area (Å²) in [5, 5.41) is 5.77. The fraction of sp³-hybridized carbons (Fsp3) is 0.467. The number of hydrogen-bond acceptors (Lipinski definition) is 12. The SMILES string of the molecule is Cc1csc(-c2ccc3c(n2)-c2nc(-c4nc(C)cs4)ccc2COCCOCCOCCOCCOCCOC3)n1. The van der Waals surface area contributed by atoms with Gasteiger partial charge in [0.1, 0.15) is 10.0 Å². The molecule has 10 nitrogen and oxygen atoms in total. The van der Waals surface area contributed by atoms with E-state index in [0.717, 1.165) is 55.3 Å². The van der Waals surface area contributed by atoms with Crippen LogP contribution >= 0.6 is 22.7 Å². The van der Waals surface area contributed by atoms with E-state index in [1.807, 2.05) is 48.9 Å². The minimum absolute atomic E-state index is 0.354. The van der Waals surface area contributed by atoms with Gasteiger partial charge in [-0.15, -0.1) is 22.7 Å². The van der Waals surface area contributed by atoms with E-state index >= 15 is 0 Å². The zero-order valence-corrected chi connectivity index (χ0v) is 25.6. The van der Waals surface area contributed by atoms with Gasteiger partial charge in [0.25, 0.3) is 0 Å². The highest BCUT2D eigenvalue weighted by molar-refractivity contribution is 7.13. The smallest absolute Gasteiger partial charge is 0.142 e. The van der Waals surface area contributed by atoms with Crippen LogP contribution in [0.1, 0.15) is 22.5 Å². The average molecular weight is 613 g/mol. The van der Waals surface area contributed by atoms with E-state index in [9.17, 15) is 0 Å². The van der Waals surface area contributed by atoms with Crippen molar-refractivity contribution in [2.45, 2.75) is 27.1 Å². The summed E-state index contributed by atoms with van der Waals surface area (Å²) in [7, 11) is 0. The van der Waals surface area contributed by atoms with E-state index in [2.05, 4.69) is 9.97 Å². The highest BCUT2D eigenvalue weighted by Crippen LogP contribution is 2.32. The Balaban J connectivity index is 1.46. The van der Waals surface area contributed by atoms with Crippen molar-refractivity contribution >= 4 is 22.7 Å². The van der Waals surface area contributed by atoms with Gasteiger partial charge in [0.05, 0.1) is 102 Å². The lowest BCUT2D eigenvalue weighted by atomic mass is 10.0. The van der Waals surface area contributed by atoms with Crippen molar-refractivity contribution in [2.24, 2.45) is 0 Å². The van der Waals surface area contributed by atoms with E-state index < -0.39 is 0 Å². The van der Waals surface area contributed by atoms with Crippen molar-refractivity contribution in [3.05, 3.63) is 57.5 Å². The van der Waals surface area contributed by atoms with Crippen molar-refractivity contribution < 1.29 is 28.4 Å². The maximum Gasteiger partial charge on any atom is 0.142 e. The summed E-state index contributed by atoms with van der Waals surface area (Å²) >= 11 is 3.14. The molecule has 0 unspecified atom stereocenters. The van der Waals surface area contributed by atoms with Crippen LogP contribution in [0.5, 0.6) is 0 Å². The summed E-state index contributed by atoms with van der Waals surface area (Å²) < 4.78 is 34.5. The van der Waals surface area contributed by atoms with Crippen molar-refractivity contribution in [3.8, 4) is 32.8 Å². The second kappa shape index (κ2) is 16.2. The quantitative estimate of drug-likeness (QED) is 0.303. The number of pyridine rings is 2. The lowest BCUT2D eigenvalue weighted by Gasteiger charge is -2.15. The van der Waals surface area contributed by atoms with E-state index in [4.69, 9.17) is 38.4 Å². The van der Waals surface area contributed by atoms with Gasteiger partial charge in [-0.2, -0.15) is 0 Å². The van der Waals surface area contributed by atoms with Gasteiger partial charge in [-0.05, 0) is 26.0 Å². The molecule has 5 heterocycles. The number of ether oxygens (including phenoxy) is 6. The first-order chi connectivity index (χ1) is 20.7. The topological polar surface area (TPSA) is 107 Å². The third kappa shape index (κ3) is 8.91. The molecule has 42 heavy (non-hydrogen) atoms. The fourth-order valence-corrected chi connectivity index (χ4v) is 5.69. The van der Waals surface area contributed by atoms with Gasteiger partial charge in [-0.1, -0.05) is 12.1 Å². The average Bonchev–Trinajstić information content (AvgIpc) is 3.64. The first-order valence-electron chi connectivity index (χ1n) is 14.0. The number of thiazole rings is 2. The molecule has 0 fully saturated rings. The normalized spacial score (nSPS) is 17.0. The van der Waals surface area contributed by atoms with Crippen LogP contribution in [0.2, 0.25) is 0 Å². The minimum Gasteiger partial charge on any atom is -0.377 e. The van der Waals surface area contributed by atoms with Crippen LogP contribution in [0.25, 0.3) is 32.8 Å². The molecule has 0 bridgehead atoms. The Morgan fingerprint density at radius 1 is 0.476 bits per heavy atom. The second-order valence-corrected chi connectivity index (χ2v) is 11.3. The molecule has 0 N–H and O–H groups in total. The van der Waals surface area contributed by atoms with E-state index in [0.29, 0.717) is 79.3 Å². The molecule has 1 aliphatic heterocycles. The number of nitrogens with zero attached hydrogens (tertiary/aromatic N) is 4. The third-order valence-electron chi connectivity index (χ3n) is 6.23. The molecule has 4 aromatic rings. The predicted octanol–water partition coefficient (Wildman–Crippen LogP) is 5.12. The standard InChI is InChI=1S/C30H36N4O6S2/c1-21-19-41-29(31-21)25-5-3-23-17-39-15-13-37-11-9-35-7-8-36-10-12-38-14-16-40-18-24-4-6-26(30-32-22(2)20-42-30)34-28(24)27(23)33-25/h3-6,19-20H,7-18H2,1-2H3. The molecule has 0 saturated carbocycles. The Bertz CT molecular complexity index is 1310. The number of fused-ring (bicyclic) bond motifs is 3. The van der Waals surface area contributed by atoms with Gasteiger partial charge in [0, 0.05) is 33.3 Å². The Morgan fingerprint density at radius 3 is 1.17 bits per heavy atom. The molecule has 0 amide bonds. The molecule has 0 radical (unpaired) electrons. The predicted molar refractivity (Wildman–Crippen MR) is 162 cm³/mol.